The normalized spacial score (nSPS) is 16.4. The van der Waals surface area contributed by atoms with Crippen LogP contribution in [0.5, 0.6) is 0 Å². The average molecular weight is 200 g/mol. The highest BCUT2D eigenvalue weighted by Gasteiger charge is 2.21. The molecular formula is C12H24O2. The molecule has 0 aliphatic heterocycles. The summed E-state index contributed by atoms with van der Waals surface area (Å²) in [5.41, 5.74) is 0.302. The number of carbonyl (C=O) groups is 1. The zero-order valence-corrected chi connectivity index (χ0v) is 10.1. The van der Waals surface area contributed by atoms with Gasteiger partial charge in [0.2, 0.25) is 0 Å². The van der Waals surface area contributed by atoms with Crippen molar-refractivity contribution in [2.75, 3.05) is 0 Å². The van der Waals surface area contributed by atoms with Gasteiger partial charge in [0.15, 0.2) is 0 Å². The van der Waals surface area contributed by atoms with Crippen molar-refractivity contribution in [3.63, 3.8) is 0 Å². The monoisotopic (exact) mass is 200 g/mol. The van der Waals surface area contributed by atoms with E-state index in [1.807, 2.05) is 6.92 Å². The zero-order chi connectivity index (χ0) is 11.4. The van der Waals surface area contributed by atoms with E-state index in [4.69, 9.17) is 5.11 Å². The molecule has 2 heteroatoms. The predicted molar refractivity (Wildman–Crippen MR) is 59.3 cm³/mol. The minimum atomic E-state index is -0.645. The van der Waals surface area contributed by atoms with Crippen LogP contribution < -0.4 is 0 Å². The molecule has 0 aliphatic rings. The fraction of sp³-hybridized carbons (Fsp3) is 0.917. The Bertz CT molecular complexity index is 179. The van der Waals surface area contributed by atoms with Crippen molar-refractivity contribution in [1.82, 2.24) is 0 Å². The van der Waals surface area contributed by atoms with Crippen LogP contribution in [0.25, 0.3) is 0 Å². The van der Waals surface area contributed by atoms with Crippen molar-refractivity contribution < 1.29 is 9.90 Å². The van der Waals surface area contributed by atoms with E-state index in [1.165, 1.54) is 0 Å². The summed E-state index contributed by atoms with van der Waals surface area (Å²) in [4.78, 5) is 10.8. The van der Waals surface area contributed by atoms with Crippen LogP contribution in [-0.4, -0.2) is 11.1 Å². The molecule has 2 unspecified atom stereocenters. The molecule has 2 nitrogen and oxygen atoms in total. The van der Waals surface area contributed by atoms with Crippen LogP contribution in [0.3, 0.4) is 0 Å². The van der Waals surface area contributed by atoms with E-state index in [0.29, 0.717) is 11.3 Å². The van der Waals surface area contributed by atoms with E-state index in [-0.39, 0.29) is 5.92 Å². The largest absolute Gasteiger partial charge is 0.481 e. The van der Waals surface area contributed by atoms with E-state index in [0.717, 1.165) is 19.3 Å². The second-order valence-corrected chi connectivity index (χ2v) is 5.55. The molecule has 0 bridgehead atoms. The van der Waals surface area contributed by atoms with Crippen molar-refractivity contribution in [2.24, 2.45) is 17.3 Å². The first-order chi connectivity index (χ1) is 6.26. The lowest BCUT2D eigenvalue weighted by Crippen LogP contribution is -2.19. The van der Waals surface area contributed by atoms with E-state index < -0.39 is 5.97 Å². The molecule has 14 heavy (non-hydrogen) atoms. The smallest absolute Gasteiger partial charge is 0.306 e. The van der Waals surface area contributed by atoms with Gasteiger partial charge < -0.3 is 5.11 Å². The molecule has 0 aromatic carbocycles. The van der Waals surface area contributed by atoms with E-state index >= 15 is 0 Å². The third kappa shape index (κ3) is 6.01. The first kappa shape index (κ1) is 13.5. The Morgan fingerprint density at radius 2 is 1.86 bits per heavy atom. The van der Waals surface area contributed by atoms with Gasteiger partial charge in [-0.3, -0.25) is 4.79 Å². The SMILES string of the molecule is CCC(CC(C)CC(C)(C)C)C(=O)O. The molecule has 0 aromatic rings. The van der Waals surface area contributed by atoms with Crippen LogP contribution in [0.15, 0.2) is 0 Å². The summed E-state index contributed by atoms with van der Waals surface area (Å²) < 4.78 is 0. The summed E-state index contributed by atoms with van der Waals surface area (Å²) in [6.45, 7) is 10.7. The number of hydrogen-bond donors (Lipinski definition) is 1. The Kier molecular flexibility index (Phi) is 5.17. The Morgan fingerprint density at radius 1 is 1.36 bits per heavy atom. The maximum absolute atomic E-state index is 10.8. The van der Waals surface area contributed by atoms with Crippen molar-refractivity contribution in [2.45, 2.75) is 53.9 Å². The van der Waals surface area contributed by atoms with Crippen LogP contribution in [0.2, 0.25) is 0 Å². The molecule has 84 valence electrons. The van der Waals surface area contributed by atoms with Gasteiger partial charge in [0.25, 0.3) is 0 Å². The first-order valence-corrected chi connectivity index (χ1v) is 5.49. The highest BCUT2D eigenvalue weighted by atomic mass is 16.4. The fourth-order valence-electron chi connectivity index (χ4n) is 2.06. The Morgan fingerprint density at radius 3 is 2.14 bits per heavy atom. The molecule has 0 saturated carbocycles. The summed E-state index contributed by atoms with van der Waals surface area (Å²) in [5.74, 6) is -0.309. The van der Waals surface area contributed by atoms with Crippen molar-refractivity contribution in [3.05, 3.63) is 0 Å². The predicted octanol–water partition coefficient (Wildman–Crippen LogP) is 3.56. The summed E-state index contributed by atoms with van der Waals surface area (Å²) in [5, 5.41) is 8.92. The molecule has 0 heterocycles. The average Bonchev–Trinajstić information content (AvgIpc) is 1.96. The summed E-state index contributed by atoms with van der Waals surface area (Å²) in [6.07, 6.45) is 2.64. The van der Waals surface area contributed by atoms with Gasteiger partial charge in [-0.15, -0.1) is 0 Å². The number of carboxylic acids is 1. The minimum Gasteiger partial charge on any atom is -0.481 e. The zero-order valence-electron chi connectivity index (χ0n) is 10.1. The molecule has 2 atom stereocenters. The van der Waals surface area contributed by atoms with Gasteiger partial charge in [0.05, 0.1) is 5.92 Å². The van der Waals surface area contributed by atoms with E-state index in [1.54, 1.807) is 0 Å². The maximum atomic E-state index is 10.8. The van der Waals surface area contributed by atoms with Gasteiger partial charge >= 0.3 is 5.97 Å². The number of carboxylic acid groups (broad SMARTS) is 1. The lowest BCUT2D eigenvalue weighted by molar-refractivity contribution is -0.142. The van der Waals surface area contributed by atoms with Gasteiger partial charge in [0, 0.05) is 0 Å². The Hall–Kier alpha value is -0.530. The van der Waals surface area contributed by atoms with Gasteiger partial charge in [-0.25, -0.2) is 0 Å². The Labute approximate surface area is 87.7 Å². The third-order valence-corrected chi connectivity index (χ3v) is 2.49. The van der Waals surface area contributed by atoms with Gasteiger partial charge in [0.1, 0.15) is 0 Å². The minimum absolute atomic E-state index is 0.160. The summed E-state index contributed by atoms with van der Waals surface area (Å²) >= 11 is 0. The fourth-order valence-corrected chi connectivity index (χ4v) is 2.06. The van der Waals surface area contributed by atoms with Crippen molar-refractivity contribution in [3.8, 4) is 0 Å². The summed E-state index contributed by atoms with van der Waals surface area (Å²) in [6, 6.07) is 0. The van der Waals surface area contributed by atoms with Gasteiger partial charge in [-0.05, 0) is 30.6 Å². The van der Waals surface area contributed by atoms with Gasteiger partial charge in [-0.1, -0.05) is 34.6 Å². The molecule has 0 aromatic heterocycles. The lowest BCUT2D eigenvalue weighted by Gasteiger charge is -2.24. The highest BCUT2D eigenvalue weighted by molar-refractivity contribution is 5.69. The molecule has 0 spiro atoms. The van der Waals surface area contributed by atoms with E-state index in [9.17, 15) is 4.79 Å². The van der Waals surface area contributed by atoms with Crippen molar-refractivity contribution in [1.29, 1.82) is 0 Å². The van der Waals surface area contributed by atoms with Crippen LogP contribution in [-0.2, 0) is 4.79 Å². The molecule has 0 fully saturated rings. The number of aliphatic carboxylic acids is 1. The molecule has 0 saturated heterocycles. The number of hydrogen-bond acceptors (Lipinski definition) is 1. The molecule has 0 amide bonds. The third-order valence-electron chi connectivity index (χ3n) is 2.49. The standard InChI is InChI=1S/C12H24O2/c1-6-10(11(13)14)7-9(2)8-12(3,4)5/h9-10H,6-8H2,1-5H3,(H,13,14). The highest BCUT2D eigenvalue weighted by Crippen LogP contribution is 2.28. The quantitative estimate of drug-likeness (QED) is 0.736. The van der Waals surface area contributed by atoms with Crippen molar-refractivity contribution >= 4 is 5.97 Å². The maximum Gasteiger partial charge on any atom is 0.306 e. The Balaban J connectivity index is 4.03. The molecule has 0 rings (SSSR count). The molecule has 0 radical (unpaired) electrons. The van der Waals surface area contributed by atoms with Gasteiger partial charge in [-0.2, -0.15) is 0 Å². The topological polar surface area (TPSA) is 37.3 Å². The lowest BCUT2D eigenvalue weighted by atomic mass is 9.81. The molecular weight excluding hydrogens is 176 g/mol. The molecule has 0 aliphatic carbocycles. The number of rotatable bonds is 5. The van der Waals surface area contributed by atoms with E-state index in [2.05, 4.69) is 27.7 Å². The second kappa shape index (κ2) is 5.38. The van der Waals surface area contributed by atoms with Crippen LogP contribution >= 0.6 is 0 Å². The second-order valence-electron chi connectivity index (χ2n) is 5.55. The van der Waals surface area contributed by atoms with Crippen LogP contribution in [0.1, 0.15) is 53.9 Å². The van der Waals surface area contributed by atoms with Crippen LogP contribution in [0, 0.1) is 17.3 Å². The first-order valence-electron chi connectivity index (χ1n) is 5.49. The summed E-state index contributed by atoms with van der Waals surface area (Å²) in [7, 11) is 0. The van der Waals surface area contributed by atoms with Crippen LogP contribution in [0.4, 0.5) is 0 Å². The molecule has 1 N–H and O–H groups in total.